The Labute approximate surface area is 195 Å². The molecule has 9 nitrogen and oxygen atoms in total. The molecular weight excluding hydrogens is 430 g/mol. The van der Waals surface area contributed by atoms with Crippen molar-refractivity contribution in [1.82, 2.24) is 29.1 Å². The van der Waals surface area contributed by atoms with Crippen molar-refractivity contribution < 1.29 is 9.47 Å². The van der Waals surface area contributed by atoms with E-state index in [-0.39, 0.29) is 6.04 Å². The van der Waals surface area contributed by atoms with E-state index < -0.39 is 0 Å². The number of ether oxygens (including phenoxy) is 2. The first-order valence-electron chi connectivity index (χ1n) is 11.1. The van der Waals surface area contributed by atoms with E-state index in [0.717, 1.165) is 52.2 Å². The van der Waals surface area contributed by atoms with Crippen LogP contribution in [0.5, 0.6) is 5.75 Å². The van der Waals surface area contributed by atoms with Crippen LogP contribution in [0.2, 0.25) is 0 Å². The molecule has 1 aliphatic heterocycles. The molecule has 3 aromatic heterocycles. The molecule has 0 N–H and O–H groups in total. The van der Waals surface area contributed by atoms with Gasteiger partial charge in [-0.1, -0.05) is 12.1 Å². The number of fused-ring (bicyclic) bond motifs is 2. The molecule has 4 heterocycles. The third kappa shape index (κ3) is 3.36. The van der Waals surface area contributed by atoms with Crippen LogP contribution in [-0.2, 0) is 4.74 Å². The lowest BCUT2D eigenvalue weighted by Gasteiger charge is -2.25. The maximum absolute atomic E-state index is 9.32. The van der Waals surface area contributed by atoms with Gasteiger partial charge in [0.15, 0.2) is 5.65 Å². The number of aromatic nitrogens is 6. The first-order valence-corrected chi connectivity index (χ1v) is 11.1. The lowest BCUT2D eigenvalue weighted by atomic mass is 10.1. The van der Waals surface area contributed by atoms with Gasteiger partial charge in [-0.25, -0.2) is 15.0 Å². The van der Waals surface area contributed by atoms with Crippen molar-refractivity contribution in [3.63, 3.8) is 0 Å². The molecule has 6 rings (SSSR count). The molecule has 0 saturated carbocycles. The summed E-state index contributed by atoms with van der Waals surface area (Å²) in [5.41, 5.74) is 4.55. The quantitative estimate of drug-likeness (QED) is 0.406. The highest BCUT2D eigenvalue weighted by Gasteiger charge is 2.24. The largest absolute Gasteiger partial charge is 0.497 e. The number of benzene rings is 2. The van der Waals surface area contributed by atoms with E-state index in [2.05, 4.69) is 20.6 Å². The van der Waals surface area contributed by atoms with Gasteiger partial charge >= 0.3 is 0 Å². The fourth-order valence-electron chi connectivity index (χ4n) is 4.49. The van der Waals surface area contributed by atoms with Crippen molar-refractivity contribution in [2.75, 3.05) is 20.3 Å². The molecule has 2 aromatic carbocycles. The molecule has 0 aliphatic carbocycles. The van der Waals surface area contributed by atoms with Crippen LogP contribution in [0, 0.1) is 11.3 Å². The molecule has 168 valence electrons. The average molecular weight is 451 g/mol. The molecule has 1 fully saturated rings. The third-order valence-corrected chi connectivity index (χ3v) is 6.20. The van der Waals surface area contributed by atoms with Gasteiger partial charge in [0.05, 0.1) is 36.0 Å². The van der Waals surface area contributed by atoms with E-state index in [0.29, 0.717) is 24.7 Å². The molecule has 0 radical (unpaired) electrons. The Hall–Kier alpha value is -4.29. The minimum absolute atomic E-state index is 0.201. The number of imidazole rings is 2. The number of nitriles is 1. The molecule has 0 amide bonds. The molecule has 0 atom stereocenters. The molecule has 1 saturated heterocycles. The van der Waals surface area contributed by atoms with Crippen molar-refractivity contribution in [3.05, 3.63) is 60.6 Å². The number of nitrogens with zero attached hydrogens (tertiary/aromatic N) is 7. The zero-order valence-corrected chi connectivity index (χ0v) is 18.5. The van der Waals surface area contributed by atoms with Crippen molar-refractivity contribution in [2.24, 2.45) is 0 Å². The SMILES string of the molecule is COc1cccc(-c2nc3cnc(-n4cnc5ccc(C#N)cc54)nc3n2C2CCOCC2)c1. The minimum atomic E-state index is 0.201. The number of methoxy groups -OCH3 is 1. The second-order valence-corrected chi connectivity index (χ2v) is 8.19. The van der Waals surface area contributed by atoms with Crippen molar-refractivity contribution >= 4 is 22.2 Å². The van der Waals surface area contributed by atoms with E-state index in [1.54, 1.807) is 31.8 Å². The summed E-state index contributed by atoms with van der Waals surface area (Å²) < 4.78 is 15.1. The van der Waals surface area contributed by atoms with Gasteiger partial charge in [-0.15, -0.1) is 0 Å². The molecule has 0 bridgehead atoms. The van der Waals surface area contributed by atoms with Gasteiger partial charge in [0.2, 0.25) is 5.95 Å². The number of hydrogen-bond donors (Lipinski definition) is 0. The third-order valence-electron chi connectivity index (χ3n) is 6.20. The fraction of sp³-hybridized carbons (Fsp3) is 0.240. The van der Waals surface area contributed by atoms with Crippen LogP contribution in [0.25, 0.3) is 39.5 Å². The number of hydrogen-bond acceptors (Lipinski definition) is 7. The first kappa shape index (κ1) is 20.3. The Morgan fingerprint density at radius 1 is 1.06 bits per heavy atom. The lowest BCUT2D eigenvalue weighted by molar-refractivity contribution is 0.0708. The minimum Gasteiger partial charge on any atom is -0.497 e. The smallest absolute Gasteiger partial charge is 0.237 e. The second-order valence-electron chi connectivity index (χ2n) is 8.19. The van der Waals surface area contributed by atoms with E-state index in [4.69, 9.17) is 19.4 Å². The summed E-state index contributed by atoms with van der Waals surface area (Å²) in [6, 6.07) is 15.7. The molecule has 0 spiro atoms. The second kappa shape index (κ2) is 8.24. The summed E-state index contributed by atoms with van der Waals surface area (Å²) in [4.78, 5) is 18.9. The Bertz CT molecular complexity index is 1560. The van der Waals surface area contributed by atoms with Crippen LogP contribution in [-0.4, -0.2) is 49.4 Å². The maximum Gasteiger partial charge on any atom is 0.237 e. The monoisotopic (exact) mass is 451 g/mol. The topological polar surface area (TPSA) is 104 Å². The maximum atomic E-state index is 9.32. The standard InChI is InChI=1S/C25H21N7O2/c1-33-19-4-2-3-17(12-19)23-29-21-14-27-25(30-24(21)32(23)18-7-9-34-10-8-18)31-15-28-20-6-5-16(13-26)11-22(20)31/h2-6,11-12,14-15,18H,7-10H2,1H3. The van der Waals surface area contributed by atoms with Crippen LogP contribution in [0.3, 0.4) is 0 Å². The van der Waals surface area contributed by atoms with Gasteiger partial charge in [0, 0.05) is 24.8 Å². The van der Waals surface area contributed by atoms with Gasteiger partial charge in [-0.3, -0.25) is 4.57 Å². The van der Waals surface area contributed by atoms with Gasteiger partial charge in [0.25, 0.3) is 0 Å². The average Bonchev–Trinajstić information content (AvgIpc) is 3.50. The first-order chi connectivity index (χ1) is 16.7. The molecular formula is C25H21N7O2. The van der Waals surface area contributed by atoms with Crippen LogP contribution in [0.15, 0.2) is 55.0 Å². The van der Waals surface area contributed by atoms with E-state index >= 15 is 0 Å². The lowest BCUT2D eigenvalue weighted by Crippen LogP contribution is -2.20. The summed E-state index contributed by atoms with van der Waals surface area (Å²) in [6.45, 7) is 1.39. The van der Waals surface area contributed by atoms with E-state index in [9.17, 15) is 5.26 Å². The van der Waals surface area contributed by atoms with Gasteiger partial charge in [-0.2, -0.15) is 10.2 Å². The van der Waals surface area contributed by atoms with Gasteiger partial charge in [0.1, 0.15) is 23.4 Å². The van der Waals surface area contributed by atoms with Crippen LogP contribution in [0.4, 0.5) is 0 Å². The van der Waals surface area contributed by atoms with Crippen LogP contribution in [0.1, 0.15) is 24.4 Å². The van der Waals surface area contributed by atoms with Crippen molar-refractivity contribution in [3.8, 4) is 29.2 Å². The Kier molecular flexibility index (Phi) is 4.93. The summed E-state index contributed by atoms with van der Waals surface area (Å²) >= 11 is 0. The molecule has 34 heavy (non-hydrogen) atoms. The zero-order chi connectivity index (χ0) is 23.1. The van der Waals surface area contributed by atoms with Crippen molar-refractivity contribution in [2.45, 2.75) is 18.9 Å². The number of rotatable bonds is 4. The molecule has 0 unspecified atom stereocenters. The normalized spacial score (nSPS) is 14.5. The highest BCUT2D eigenvalue weighted by molar-refractivity contribution is 5.80. The summed E-state index contributed by atoms with van der Waals surface area (Å²) in [5.74, 6) is 2.08. The van der Waals surface area contributed by atoms with Gasteiger partial charge in [-0.05, 0) is 43.2 Å². The molecule has 9 heteroatoms. The van der Waals surface area contributed by atoms with E-state index in [1.165, 1.54) is 0 Å². The fourth-order valence-corrected chi connectivity index (χ4v) is 4.49. The van der Waals surface area contributed by atoms with E-state index in [1.807, 2.05) is 34.9 Å². The van der Waals surface area contributed by atoms with Crippen LogP contribution < -0.4 is 4.74 Å². The summed E-state index contributed by atoms with van der Waals surface area (Å²) in [7, 11) is 1.66. The molecule has 5 aromatic rings. The Morgan fingerprint density at radius 2 is 1.94 bits per heavy atom. The van der Waals surface area contributed by atoms with Crippen molar-refractivity contribution in [1.29, 1.82) is 5.26 Å². The highest BCUT2D eigenvalue weighted by atomic mass is 16.5. The molecule has 1 aliphatic rings. The Balaban J connectivity index is 1.56. The van der Waals surface area contributed by atoms with Gasteiger partial charge < -0.3 is 14.0 Å². The highest BCUT2D eigenvalue weighted by Crippen LogP contribution is 2.33. The summed E-state index contributed by atoms with van der Waals surface area (Å²) in [5, 5.41) is 9.32. The predicted octanol–water partition coefficient (Wildman–Crippen LogP) is 4.06. The zero-order valence-electron chi connectivity index (χ0n) is 18.5. The Morgan fingerprint density at radius 3 is 2.76 bits per heavy atom. The predicted molar refractivity (Wildman–Crippen MR) is 126 cm³/mol. The van der Waals surface area contributed by atoms with Crippen LogP contribution >= 0.6 is 0 Å². The summed E-state index contributed by atoms with van der Waals surface area (Å²) in [6.07, 6.45) is 5.19.